The lowest BCUT2D eigenvalue weighted by Gasteiger charge is -2.24. The van der Waals surface area contributed by atoms with Gasteiger partial charge in [-0.15, -0.1) is 0 Å². The summed E-state index contributed by atoms with van der Waals surface area (Å²) in [7, 11) is 1.47. The second-order valence-corrected chi connectivity index (χ2v) is 4.68. The van der Waals surface area contributed by atoms with E-state index < -0.39 is 23.3 Å². The van der Waals surface area contributed by atoms with Crippen LogP contribution in [-0.2, 0) is 4.74 Å². The van der Waals surface area contributed by atoms with Gasteiger partial charge in [0.15, 0.2) is 11.6 Å². The zero-order chi connectivity index (χ0) is 13.2. The Balaban J connectivity index is 2.85. The Labute approximate surface area is 99.6 Å². The first kappa shape index (κ1) is 13.3. The lowest BCUT2D eigenvalue weighted by molar-refractivity contribution is 0.0589. The van der Waals surface area contributed by atoms with E-state index >= 15 is 0 Å². The first-order valence-electron chi connectivity index (χ1n) is 5.16. The summed E-state index contributed by atoms with van der Waals surface area (Å²) in [6.07, 6.45) is -0.581. The molecule has 0 aromatic heterocycles. The molecule has 1 rings (SSSR count). The molecule has 0 spiro atoms. The van der Waals surface area contributed by atoms with Gasteiger partial charge in [-0.1, -0.05) is 0 Å². The highest BCUT2D eigenvalue weighted by molar-refractivity contribution is 5.87. The molecule has 0 fully saturated rings. The second-order valence-electron chi connectivity index (χ2n) is 4.68. The van der Waals surface area contributed by atoms with E-state index in [1.807, 2.05) is 0 Å². The molecule has 4 nitrogen and oxygen atoms in total. The molecule has 1 N–H and O–H groups in total. The summed E-state index contributed by atoms with van der Waals surface area (Å²) in [4.78, 5) is 12.8. The Morgan fingerprint density at radius 3 is 2.47 bits per heavy atom. The Bertz CT molecular complexity index is 426. The maximum absolute atomic E-state index is 13.1. The number of hydrogen-bond acceptors (Lipinski definition) is 3. The number of benzene rings is 1. The number of halogens is 1. The van der Waals surface area contributed by atoms with Gasteiger partial charge >= 0.3 is 6.09 Å². The number of hydrogen-bond donors (Lipinski definition) is 1. The molecule has 0 aliphatic carbocycles. The largest absolute Gasteiger partial charge is 0.505 e. The fourth-order valence-electron chi connectivity index (χ4n) is 1.14. The van der Waals surface area contributed by atoms with Gasteiger partial charge in [-0.3, -0.25) is 4.90 Å². The van der Waals surface area contributed by atoms with Crippen LogP contribution in [0, 0.1) is 5.82 Å². The molecule has 0 radical (unpaired) electrons. The van der Waals surface area contributed by atoms with Crippen LogP contribution in [0.2, 0.25) is 0 Å². The van der Waals surface area contributed by atoms with Crippen molar-refractivity contribution in [3.8, 4) is 5.75 Å². The highest BCUT2D eigenvalue weighted by atomic mass is 19.1. The molecule has 1 aromatic rings. The Morgan fingerprint density at radius 2 is 2.00 bits per heavy atom. The van der Waals surface area contributed by atoms with Crippen molar-refractivity contribution in [2.24, 2.45) is 0 Å². The molecular weight excluding hydrogens is 225 g/mol. The predicted octanol–water partition coefficient (Wildman–Crippen LogP) is 2.90. The number of carbonyl (C=O) groups is 1. The summed E-state index contributed by atoms with van der Waals surface area (Å²) < 4.78 is 18.2. The van der Waals surface area contributed by atoms with Crippen LogP contribution in [0.5, 0.6) is 5.75 Å². The topological polar surface area (TPSA) is 49.8 Å². The van der Waals surface area contributed by atoms with E-state index in [2.05, 4.69) is 0 Å². The summed E-state index contributed by atoms with van der Waals surface area (Å²) in [6.45, 7) is 5.24. The maximum atomic E-state index is 13.1. The maximum Gasteiger partial charge on any atom is 0.414 e. The van der Waals surface area contributed by atoms with Gasteiger partial charge in [0.2, 0.25) is 0 Å². The third-order valence-corrected chi connectivity index (χ3v) is 1.99. The van der Waals surface area contributed by atoms with Crippen molar-refractivity contribution in [2.45, 2.75) is 26.4 Å². The number of anilines is 1. The summed E-state index contributed by atoms with van der Waals surface area (Å²) in [5, 5.41) is 9.04. The number of rotatable bonds is 1. The van der Waals surface area contributed by atoms with Crippen molar-refractivity contribution in [1.29, 1.82) is 0 Å². The van der Waals surface area contributed by atoms with Crippen molar-refractivity contribution in [1.82, 2.24) is 0 Å². The standard InChI is InChI=1S/C12H16FNO3/c1-12(2,3)17-11(16)14(4)8-5-6-10(15)9(13)7-8/h5-7,15H,1-4H3. The van der Waals surface area contributed by atoms with Crippen molar-refractivity contribution < 1.29 is 19.0 Å². The van der Waals surface area contributed by atoms with Gasteiger partial charge in [0.1, 0.15) is 5.60 Å². The van der Waals surface area contributed by atoms with Crippen LogP contribution in [0.3, 0.4) is 0 Å². The predicted molar refractivity (Wildman–Crippen MR) is 62.7 cm³/mol. The lowest BCUT2D eigenvalue weighted by atomic mass is 10.2. The molecule has 17 heavy (non-hydrogen) atoms. The molecular formula is C12H16FNO3. The van der Waals surface area contributed by atoms with Gasteiger partial charge in [0.05, 0.1) is 0 Å². The number of phenols is 1. The molecule has 0 bridgehead atoms. The minimum atomic E-state index is -0.780. The minimum Gasteiger partial charge on any atom is -0.505 e. The molecule has 0 saturated heterocycles. The van der Waals surface area contributed by atoms with Crippen molar-refractivity contribution in [3.05, 3.63) is 24.0 Å². The highest BCUT2D eigenvalue weighted by Crippen LogP contribution is 2.23. The van der Waals surface area contributed by atoms with Crippen LogP contribution in [0.15, 0.2) is 18.2 Å². The average molecular weight is 241 g/mol. The minimum absolute atomic E-state index is 0.314. The molecule has 5 heteroatoms. The van der Waals surface area contributed by atoms with Gasteiger partial charge in [-0.05, 0) is 32.9 Å². The first-order chi connectivity index (χ1) is 7.70. The quantitative estimate of drug-likeness (QED) is 0.822. The van der Waals surface area contributed by atoms with Crippen LogP contribution in [0.1, 0.15) is 20.8 Å². The van der Waals surface area contributed by atoms with Crippen LogP contribution < -0.4 is 4.90 Å². The Morgan fingerprint density at radius 1 is 1.41 bits per heavy atom. The van der Waals surface area contributed by atoms with Gasteiger partial charge in [-0.25, -0.2) is 9.18 Å². The zero-order valence-electron chi connectivity index (χ0n) is 10.3. The van der Waals surface area contributed by atoms with Crippen molar-refractivity contribution in [3.63, 3.8) is 0 Å². The van der Waals surface area contributed by atoms with E-state index in [4.69, 9.17) is 9.84 Å². The van der Waals surface area contributed by atoms with Gasteiger partial charge in [-0.2, -0.15) is 0 Å². The van der Waals surface area contributed by atoms with Gasteiger partial charge in [0.25, 0.3) is 0 Å². The molecule has 0 aliphatic heterocycles. The molecule has 0 heterocycles. The third-order valence-electron chi connectivity index (χ3n) is 1.99. The summed E-state index contributed by atoms with van der Waals surface area (Å²) in [6, 6.07) is 3.69. The van der Waals surface area contributed by atoms with Crippen LogP contribution >= 0.6 is 0 Å². The highest BCUT2D eigenvalue weighted by Gasteiger charge is 2.21. The van der Waals surface area contributed by atoms with Crippen molar-refractivity contribution >= 4 is 11.8 Å². The van der Waals surface area contributed by atoms with Crippen molar-refractivity contribution in [2.75, 3.05) is 11.9 Å². The van der Waals surface area contributed by atoms with Gasteiger partial charge < -0.3 is 9.84 Å². The Hall–Kier alpha value is -1.78. The summed E-state index contributed by atoms with van der Waals surface area (Å²) in [5.41, 5.74) is -0.296. The number of aromatic hydroxyl groups is 1. The third kappa shape index (κ3) is 3.62. The summed E-state index contributed by atoms with van der Waals surface area (Å²) in [5.74, 6) is -1.23. The van der Waals surface area contributed by atoms with E-state index in [-0.39, 0.29) is 0 Å². The fourth-order valence-corrected chi connectivity index (χ4v) is 1.14. The van der Waals surface area contributed by atoms with Crippen LogP contribution in [0.25, 0.3) is 0 Å². The molecule has 94 valence electrons. The molecule has 0 unspecified atom stereocenters. The normalized spacial score (nSPS) is 11.1. The molecule has 1 amide bonds. The van der Waals surface area contributed by atoms with E-state index in [1.165, 1.54) is 24.1 Å². The molecule has 0 aliphatic rings. The average Bonchev–Trinajstić information content (AvgIpc) is 2.18. The van der Waals surface area contributed by atoms with Crippen LogP contribution in [-0.4, -0.2) is 23.8 Å². The number of ether oxygens (including phenoxy) is 1. The smallest absolute Gasteiger partial charge is 0.414 e. The monoisotopic (exact) mass is 241 g/mol. The number of nitrogens with zero attached hydrogens (tertiary/aromatic N) is 1. The number of carbonyl (C=O) groups excluding carboxylic acids is 1. The fraction of sp³-hybridized carbons (Fsp3) is 0.417. The number of phenolic OH excluding ortho intramolecular Hbond substituents is 1. The molecule has 0 saturated carbocycles. The van der Waals surface area contributed by atoms with E-state index in [1.54, 1.807) is 20.8 Å². The molecule has 0 atom stereocenters. The SMILES string of the molecule is CN(C(=O)OC(C)(C)C)c1ccc(O)c(F)c1. The van der Waals surface area contributed by atoms with Gasteiger partial charge in [0, 0.05) is 18.8 Å². The summed E-state index contributed by atoms with van der Waals surface area (Å²) >= 11 is 0. The van der Waals surface area contributed by atoms with E-state index in [9.17, 15) is 9.18 Å². The molecule has 1 aromatic carbocycles. The zero-order valence-corrected chi connectivity index (χ0v) is 10.3. The van der Waals surface area contributed by atoms with Crippen LogP contribution in [0.4, 0.5) is 14.9 Å². The van der Waals surface area contributed by atoms with E-state index in [0.717, 1.165) is 6.07 Å². The Kier molecular flexibility index (Phi) is 3.60. The first-order valence-corrected chi connectivity index (χ1v) is 5.16. The second kappa shape index (κ2) is 4.61. The lowest BCUT2D eigenvalue weighted by Crippen LogP contribution is -2.34. The number of amides is 1. The van der Waals surface area contributed by atoms with E-state index in [0.29, 0.717) is 5.69 Å².